The highest BCUT2D eigenvalue weighted by Crippen LogP contribution is 2.25. The molecule has 1 aliphatic rings. The zero-order valence-corrected chi connectivity index (χ0v) is 16.2. The molecule has 1 amide bonds. The number of amides is 1. The van der Waals surface area contributed by atoms with Crippen molar-refractivity contribution in [3.8, 4) is 0 Å². The van der Waals surface area contributed by atoms with Gasteiger partial charge in [-0.1, -0.05) is 23.7 Å². The van der Waals surface area contributed by atoms with Crippen molar-refractivity contribution in [2.24, 2.45) is 0 Å². The van der Waals surface area contributed by atoms with E-state index < -0.39 is 0 Å². The SMILES string of the molecule is O=C(c1ncnc2ccsc12)N1CCN(C(CO)c2ccc(Cl)cc2)CC1. The Balaban J connectivity index is 1.46. The Morgan fingerprint density at radius 2 is 1.89 bits per heavy atom. The predicted octanol–water partition coefficient (Wildman–Crippen LogP) is 2.84. The van der Waals surface area contributed by atoms with E-state index in [0.29, 0.717) is 36.9 Å². The number of hydrogen-bond acceptors (Lipinski definition) is 6. The molecule has 0 aliphatic carbocycles. The third-order valence-corrected chi connectivity index (χ3v) is 6.08. The number of carbonyl (C=O) groups excluding carboxylic acids is 1. The maximum absolute atomic E-state index is 12.9. The number of thiophene rings is 1. The van der Waals surface area contributed by atoms with Crippen molar-refractivity contribution >= 4 is 39.1 Å². The second-order valence-electron chi connectivity index (χ2n) is 6.44. The van der Waals surface area contributed by atoms with Crippen LogP contribution in [0.2, 0.25) is 5.02 Å². The Labute approximate surface area is 166 Å². The molecule has 1 unspecified atom stereocenters. The molecule has 8 heteroatoms. The summed E-state index contributed by atoms with van der Waals surface area (Å²) in [5, 5.41) is 12.5. The van der Waals surface area contributed by atoms with E-state index in [1.165, 1.54) is 17.7 Å². The van der Waals surface area contributed by atoms with Gasteiger partial charge in [-0.3, -0.25) is 9.69 Å². The Morgan fingerprint density at radius 3 is 2.59 bits per heavy atom. The number of hydrogen-bond donors (Lipinski definition) is 1. The lowest BCUT2D eigenvalue weighted by Gasteiger charge is -2.38. The smallest absolute Gasteiger partial charge is 0.274 e. The van der Waals surface area contributed by atoms with Crippen molar-refractivity contribution < 1.29 is 9.90 Å². The van der Waals surface area contributed by atoms with Crippen molar-refractivity contribution in [3.05, 3.63) is 58.3 Å². The van der Waals surface area contributed by atoms with Gasteiger partial charge in [0, 0.05) is 31.2 Å². The molecule has 140 valence electrons. The number of piperazine rings is 1. The Morgan fingerprint density at radius 1 is 1.15 bits per heavy atom. The zero-order chi connectivity index (χ0) is 18.8. The van der Waals surface area contributed by atoms with E-state index in [4.69, 9.17) is 11.6 Å². The van der Waals surface area contributed by atoms with Gasteiger partial charge < -0.3 is 10.0 Å². The van der Waals surface area contributed by atoms with Gasteiger partial charge in [-0.2, -0.15) is 0 Å². The van der Waals surface area contributed by atoms with Crippen molar-refractivity contribution in [1.29, 1.82) is 0 Å². The lowest BCUT2D eigenvalue weighted by molar-refractivity contribution is 0.0475. The molecule has 0 bridgehead atoms. The van der Waals surface area contributed by atoms with E-state index in [1.807, 2.05) is 40.6 Å². The van der Waals surface area contributed by atoms with Gasteiger partial charge in [0.2, 0.25) is 0 Å². The summed E-state index contributed by atoms with van der Waals surface area (Å²) in [7, 11) is 0. The highest BCUT2D eigenvalue weighted by atomic mass is 35.5. The summed E-state index contributed by atoms with van der Waals surface area (Å²) in [5.41, 5.74) is 2.30. The molecule has 3 aromatic rings. The quantitative estimate of drug-likeness (QED) is 0.726. The molecule has 0 spiro atoms. The maximum atomic E-state index is 12.9. The molecule has 2 aromatic heterocycles. The number of aliphatic hydroxyl groups is 1. The van der Waals surface area contributed by atoms with Crippen LogP contribution in [0.15, 0.2) is 42.0 Å². The summed E-state index contributed by atoms with van der Waals surface area (Å²) >= 11 is 7.45. The average Bonchev–Trinajstić information content (AvgIpc) is 3.19. The van der Waals surface area contributed by atoms with Crippen LogP contribution in [0, 0.1) is 0 Å². The Bertz CT molecular complexity index is 938. The molecular formula is C19H19ClN4O2S. The van der Waals surface area contributed by atoms with Gasteiger partial charge in [0.05, 0.1) is 22.9 Å². The fourth-order valence-electron chi connectivity index (χ4n) is 3.44. The van der Waals surface area contributed by atoms with Crippen LogP contribution in [0.1, 0.15) is 22.1 Å². The molecule has 6 nitrogen and oxygen atoms in total. The van der Waals surface area contributed by atoms with Crippen molar-refractivity contribution in [1.82, 2.24) is 19.8 Å². The van der Waals surface area contributed by atoms with Crippen LogP contribution in [0.5, 0.6) is 0 Å². The van der Waals surface area contributed by atoms with Gasteiger partial charge in [0.25, 0.3) is 5.91 Å². The molecular weight excluding hydrogens is 384 g/mol. The van der Waals surface area contributed by atoms with Gasteiger partial charge in [-0.25, -0.2) is 9.97 Å². The number of aromatic nitrogens is 2. The van der Waals surface area contributed by atoms with E-state index in [2.05, 4.69) is 14.9 Å². The van der Waals surface area contributed by atoms with E-state index in [1.54, 1.807) is 0 Å². The summed E-state index contributed by atoms with van der Waals surface area (Å²) in [6.07, 6.45) is 1.45. The molecule has 1 aromatic carbocycles. The summed E-state index contributed by atoms with van der Waals surface area (Å²) in [6, 6.07) is 9.35. The lowest BCUT2D eigenvalue weighted by atomic mass is 10.1. The first-order valence-corrected chi connectivity index (χ1v) is 10.0. The zero-order valence-electron chi connectivity index (χ0n) is 14.6. The number of aliphatic hydroxyl groups excluding tert-OH is 1. The number of halogens is 1. The molecule has 1 N–H and O–H groups in total. The van der Waals surface area contributed by atoms with Crippen LogP contribution in [-0.2, 0) is 0 Å². The monoisotopic (exact) mass is 402 g/mol. The minimum atomic E-state index is -0.0948. The number of fused-ring (bicyclic) bond motifs is 1. The van der Waals surface area contributed by atoms with Crippen molar-refractivity contribution in [3.63, 3.8) is 0 Å². The van der Waals surface area contributed by atoms with E-state index in [0.717, 1.165) is 15.8 Å². The predicted molar refractivity (Wildman–Crippen MR) is 106 cm³/mol. The normalized spacial score (nSPS) is 16.6. The van der Waals surface area contributed by atoms with E-state index in [-0.39, 0.29) is 18.6 Å². The molecule has 27 heavy (non-hydrogen) atoms. The summed E-state index contributed by atoms with van der Waals surface area (Å²) in [4.78, 5) is 25.4. The fraction of sp³-hybridized carbons (Fsp3) is 0.316. The van der Waals surface area contributed by atoms with E-state index >= 15 is 0 Å². The van der Waals surface area contributed by atoms with Gasteiger partial charge in [-0.15, -0.1) is 11.3 Å². The number of benzene rings is 1. The molecule has 4 rings (SSSR count). The second kappa shape index (κ2) is 7.90. The molecule has 0 radical (unpaired) electrons. The minimum absolute atomic E-state index is 0.0251. The lowest BCUT2D eigenvalue weighted by Crippen LogP contribution is -2.50. The average molecular weight is 403 g/mol. The molecule has 0 saturated carbocycles. The first-order chi connectivity index (χ1) is 13.2. The molecule has 1 atom stereocenters. The minimum Gasteiger partial charge on any atom is -0.394 e. The van der Waals surface area contributed by atoms with Crippen LogP contribution in [-0.4, -0.2) is 63.6 Å². The largest absolute Gasteiger partial charge is 0.394 e. The van der Waals surface area contributed by atoms with Crippen LogP contribution in [0.25, 0.3) is 10.2 Å². The topological polar surface area (TPSA) is 69.6 Å². The Kier molecular flexibility index (Phi) is 5.36. The van der Waals surface area contributed by atoms with Gasteiger partial charge in [-0.05, 0) is 29.1 Å². The molecule has 1 fully saturated rings. The third kappa shape index (κ3) is 3.68. The Hall–Kier alpha value is -2.06. The van der Waals surface area contributed by atoms with Crippen molar-refractivity contribution in [2.45, 2.75) is 6.04 Å². The molecule has 1 saturated heterocycles. The molecule has 3 heterocycles. The maximum Gasteiger partial charge on any atom is 0.274 e. The third-order valence-electron chi connectivity index (χ3n) is 4.92. The number of nitrogens with zero attached hydrogens (tertiary/aromatic N) is 4. The summed E-state index contributed by atoms with van der Waals surface area (Å²) in [5.74, 6) is -0.0588. The number of rotatable bonds is 4. The summed E-state index contributed by atoms with van der Waals surface area (Å²) in [6.45, 7) is 2.60. The van der Waals surface area contributed by atoms with E-state index in [9.17, 15) is 9.90 Å². The van der Waals surface area contributed by atoms with Gasteiger partial charge >= 0.3 is 0 Å². The first kappa shape index (κ1) is 18.3. The highest BCUT2D eigenvalue weighted by Gasteiger charge is 2.28. The van der Waals surface area contributed by atoms with Crippen LogP contribution >= 0.6 is 22.9 Å². The number of carbonyl (C=O) groups is 1. The first-order valence-electron chi connectivity index (χ1n) is 8.75. The standard InChI is InChI=1S/C19H19ClN4O2S/c20-14-3-1-13(2-4-14)16(11-25)23-6-8-24(9-7-23)19(26)17-18-15(5-10-27-18)21-12-22-17/h1-5,10,12,16,25H,6-9,11H2. The van der Waals surface area contributed by atoms with Crippen molar-refractivity contribution in [2.75, 3.05) is 32.8 Å². The highest BCUT2D eigenvalue weighted by molar-refractivity contribution is 7.17. The fourth-order valence-corrected chi connectivity index (χ4v) is 4.40. The van der Waals surface area contributed by atoms with Crippen LogP contribution < -0.4 is 0 Å². The second-order valence-corrected chi connectivity index (χ2v) is 7.79. The van der Waals surface area contributed by atoms with Crippen LogP contribution in [0.4, 0.5) is 0 Å². The van der Waals surface area contributed by atoms with Crippen LogP contribution in [0.3, 0.4) is 0 Å². The van der Waals surface area contributed by atoms with Gasteiger partial charge in [0.1, 0.15) is 12.0 Å². The molecule has 1 aliphatic heterocycles. The summed E-state index contributed by atoms with van der Waals surface area (Å²) < 4.78 is 0.833. The van der Waals surface area contributed by atoms with Gasteiger partial charge in [0.15, 0.2) is 0 Å².